The standard InChI is InChI=1S/C12H13N5OS/c1-2-7-19-12-14-11(16-17-12)15-13-8-9-5-3-4-6-10(9)18/h2-6,8,18H,1,7H2,(H2,14,15,16,17)/b13-8-. The van der Waals surface area contributed by atoms with E-state index in [0.29, 0.717) is 16.7 Å². The number of hydrogen-bond donors (Lipinski definition) is 3. The molecule has 6 nitrogen and oxygen atoms in total. The minimum absolute atomic E-state index is 0.174. The Morgan fingerprint density at radius 3 is 3.11 bits per heavy atom. The Kier molecular flexibility index (Phi) is 4.57. The fraction of sp³-hybridized carbons (Fsp3) is 0.0833. The van der Waals surface area contributed by atoms with Crippen LogP contribution in [-0.2, 0) is 0 Å². The van der Waals surface area contributed by atoms with Crippen LogP contribution in [0.4, 0.5) is 5.95 Å². The number of para-hydroxylation sites is 1. The summed E-state index contributed by atoms with van der Waals surface area (Å²) in [6.45, 7) is 3.62. The van der Waals surface area contributed by atoms with Crippen LogP contribution >= 0.6 is 11.8 Å². The van der Waals surface area contributed by atoms with Crippen molar-refractivity contribution in [3.63, 3.8) is 0 Å². The van der Waals surface area contributed by atoms with Gasteiger partial charge >= 0.3 is 0 Å². The van der Waals surface area contributed by atoms with Crippen LogP contribution in [0, 0.1) is 0 Å². The zero-order chi connectivity index (χ0) is 13.5. The lowest BCUT2D eigenvalue weighted by Gasteiger charge is -1.96. The van der Waals surface area contributed by atoms with Crippen molar-refractivity contribution >= 4 is 23.9 Å². The minimum atomic E-state index is 0.174. The Balaban J connectivity index is 1.93. The van der Waals surface area contributed by atoms with Gasteiger partial charge in [-0.2, -0.15) is 10.1 Å². The molecule has 19 heavy (non-hydrogen) atoms. The second-order valence-electron chi connectivity index (χ2n) is 3.50. The van der Waals surface area contributed by atoms with Crippen LogP contribution in [0.3, 0.4) is 0 Å². The molecule has 0 spiro atoms. The van der Waals surface area contributed by atoms with Crippen molar-refractivity contribution in [3.05, 3.63) is 42.5 Å². The van der Waals surface area contributed by atoms with Crippen LogP contribution in [0.15, 0.2) is 47.2 Å². The van der Waals surface area contributed by atoms with Gasteiger partial charge in [-0.15, -0.1) is 11.7 Å². The quantitative estimate of drug-likeness (QED) is 0.326. The van der Waals surface area contributed by atoms with Gasteiger partial charge in [0.05, 0.1) is 6.21 Å². The van der Waals surface area contributed by atoms with Gasteiger partial charge in [-0.25, -0.2) is 10.5 Å². The number of H-pyrrole nitrogens is 1. The average molecular weight is 275 g/mol. The molecule has 0 aliphatic rings. The van der Waals surface area contributed by atoms with Crippen molar-refractivity contribution in [2.24, 2.45) is 5.10 Å². The lowest BCUT2D eigenvalue weighted by Crippen LogP contribution is -1.92. The molecule has 0 fully saturated rings. The molecule has 0 atom stereocenters. The first kappa shape index (κ1) is 13.2. The Hall–Kier alpha value is -2.28. The van der Waals surface area contributed by atoms with Crippen LogP contribution in [0.25, 0.3) is 0 Å². The molecule has 0 aliphatic heterocycles. The summed E-state index contributed by atoms with van der Waals surface area (Å²) >= 11 is 1.47. The maximum absolute atomic E-state index is 9.54. The molecule has 0 saturated heterocycles. The fourth-order valence-corrected chi connectivity index (χ4v) is 1.79. The molecule has 3 N–H and O–H groups in total. The van der Waals surface area contributed by atoms with E-state index in [1.165, 1.54) is 18.0 Å². The van der Waals surface area contributed by atoms with Crippen LogP contribution in [-0.4, -0.2) is 32.3 Å². The summed E-state index contributed by atoms with van der Waals surface area (Å²) in [4.78, 5) is 4.16. The van der Waals surface area contributed by atoms with Crippen molar-refractivity contribution in [2.75, 3.05) is 11.2 Å². The maximum atomic E-state index is 9.54. The molecule has 0 radical (unpaired) electrons. The molecule has 7 heteroatoms. The van der Waals surface area contributed by atoms with E-state index in [0.717, 1.165) is 5.75 Å². The highest BCUT2D eigenvalue weighted by atomic mass is 32.2. The molecule has 98 valence electrons. The largest absolute Gasteiger partial charge is 0.507 e. The van der Waals surface area contributed by atoms with Crippen LogP contribution < -0.4 is 5.43 Å². The summed E-state index contributed by atoms with van der Waals surface area (Å²) in [7, 11) is 0. The number of aromatic nitrogens is 3. The summed E-state index contributed by atoms with van der Waals surface area (Å²) < 4.78 is 0. The third-order valence-electron chi connectivity index (χ3n) is 2.11. The predicted molar refractivity (Wildman–Crippen MR) is 76.6 cm³/mol. The summed E-state index contributed by atoms with van der Waals surface area (Å²) in [5, 5.41) is 20.8. The molecule has 0 aliphatic carbocycles. The van der Waals surface area contributed by atoms with Gasteiger partial charge in [0.15, 0.2) is 0 Å². The number of thioether (sulfide) groups is 1. The first-order chi connectivity index (χ1) is 9.29. The van der Waals surface area contributed by atoms with Crippen LogP contribution in [0.2, 0.25) is 0 Å². The molecule has 0 bridgehead atoms. The van der Waals surface area contributed by atoms with E-state index in [1.54, 1.807) is 24.3 Å². The summed E-state index contributed by atoms with van der Waals surface area (Å²) in [5.41, 5.74) is 3.33. The van der Waals surface area contributed by atoms with Crippen molar-refractivity contribution < 1.29 is 5.11 Å². The van der Waals surface area contributed by atoms with Gasteiger partial charge in [-0.3, -0.25) is 0 Å². The highest BCUT2D eigenvalue weighted by Crippen LogP contribution is 2.14. The minimum Gasteiger partial charge on any atom is -0.507 e. The zero-order valence-electron chi connectivity index (χ0n) is 10.1. The molecular formula is C12H13N5OS. The fourth-order valence-electron chi connectivity index (χ4n) is 1.25. The second-order valence-corrected chi connectivity index (χ2v) is 4.48. The number of hydrazone groups is 1. The van der Waals surface area contributed by atoms with Gasteiger partial charge in [0.25, 0.3) is 0 Å². The van der Waals surface area contributed by atoms with E-state index in [-0.39, 0.29) is 5.75 Å². The first-order valence-corrected chi connectivity index (χ1v) is 6.51. The SMILES string of the molecule is C=CCSc1n[nH]c(N/N=C\c2ccccc2O)n1. The number of aromatic amines is 1. The van der Waals surface area contributed by atoms with Crippen LogP contribution in [0.1, 0.15) is 5.56 Å². The van der Waals surface area contributed by atoms with E-state index >= 15 is 0 Å². The number of anilines is 1. The van der Waals surface area contributed by atoms with Crippen molar-refractivity contribution in [1.82, 2.24) is 15.2 Å². The summed E-state index contributed by atoms with van der Waals surface area (Å²) in [6.07, 6.45) is 3.29. The molecule has 1 aromatic heterocycles. The monoisotopic (exact) mass is 275 g/mol. The van der Waals surface area contributed by atoms with Crippen LogP contribution in [0.5, 0.6) is 5.75 Å². The normalized spacial score (nSPS) is 10.7. The highest BCUT2D eigenvalue weighted by molar-refractivity contribution is 7.99. The summed E-state index contributed by atoms with van der Waals surface area (Å²) in [6, 6.07) is 6.92. The highest BCUT2D eigenvalue weighted by Gasteiger charge is 2.01. The number of aromatic hydroxyl groups is 1. The Bertz CT molecular complexity index is 581. The van der Waals surface area contributed by atoms with E-state index in [2.05, 4.69) is 32.3 Å². The number of phenols is 1. The molecule has 1 heterocycles. The maximum Gasteiger partial charge on any atom is 0.240 e. The molecule has 0 unspecified atom stereocenters. The molecule has 0 saturated carbocycles. The van der Waals surface area contributed by atoms with Gasteiger partial charge in [-0.1, -0.05) is 30.0 Å². The van der Waals surface area contributed by atoms with Gasteiger partial charge in [0.1, 0.15) is 5.75 Å². The third-order valence-corrected chi connectivity index (χ3v) is 2.95. The Morgan fingerprint density at radius 2 is 2.32 bits per heavy atom. The predicted octanol–water partition coefficient (Wildman–Crippen LogP) is 2.23. The molecule has 2 aromatic rings. The zero-order valence-corrected chi connectivity index (χ0v) is 10.9. The van der Waals surface area contributed by atoms with E-state index in [4.69, 9.17) is 0 Å². The van der Waals surface area contributed by atoms with Crippen molar-refractivity contribution in [3.8, 4) is 5.75 Å². The summed E-state index contributed by atoms with van der Waals surface area (Å²) in [5.74, 6) is 1.37. The lowest BCUT2D eigenvalue weighted by molar-refractivity contribution is 0.474. The van der Waals surface area contributed by atoms with Gasteiger partial charge in [0.2, 0.25) is 11.1 Å². The Labute approximate surface area is 114 Å². The number of phenolic OH excluding ortho intramolecular Hbond substituents is 1. The van der Waals surface area contributed by atoms with Crippen molar-refractivity contribution in [2.45, 2.75) is 5.16 Å². The van der Waals surface area contributed by atoms with Gasteiger partial charge < -0.3 is 5.11 Å². The number of nitrogens with one attached hydrogen (secondary N) is 2. The number of hydrogen-bond acceptors (Lipinski definition) is 6. The topological polar surface area (TPSA) is 86.2 Å². The molecule has 1 aromatic carbocycles. The van der Waals surface area contributed by atoms with Crippen molar-refractivity contribution in [1.29, 1.82) is 0 Å². The van der Waals surface area contributed by atoms with Gasteiger partial charge in [0, 0.05) is 11.3 Å². The molecule has 0 amide bonds. The smallest absolute Gasteiger partial charge is 0.240 e. The first-order valence-electron chi connectivity index (χ1n) is 5.53. The molecular weight excluding hydrogens is 262 g/mol. The molecule has 2 rings (SSSR count). The third kappa shape index (κ3) is 3.85. The van der Waals surface area contributed by atoms with E-state index in [9.17, 15) is 5.11 Å². The number of rotatable bonds is 6. The number of nitrogens with zero attached hydrogens (tertiary/aromatic N) is 3. The number of benzene rings is 1. The van der Waals surface area contributed by atoms with E-state index in [1.807, 2.05) is 6.07 Å². The average Bonchev–Trinajstić information content (AvgIpc) is 2.86. The van der Waals surface area contributed by atoms with E-state index < -0.39 is 0 Å². The van der Waals surface area contributed by atoms with Gasteiger partial charge in [-0.05, 0) is 12.1 Å². The lowest BCUT2D eigenvalue weighted by atomic mass is 10.2. The second kappa shape index (κ2) is 6.60. The Morgan fingerprint density at radius 1 is 1.47 bits per heavy atom.